The van der Waals surface area contributed by atoms with E-state index in [1.165, 1.54) is 4.90 Å². The Kier molecular flexibility index (Phi) is 4.18. The lowest BCUT2D eigenvalue weighted by Gasteiger charge is -2.25. The number of hydrogen-bond acceptors (Lipinski definition) is 5. The van der Waals surface area contributed by atoms with Crippen LogP contribution in [0, 0.1) is 5.92 Å². The number of aliphatic carboxylic acids is 1. The van der Waals surface area contributed by atoms with Crippen LogP contribution in [0.1, 0.15) is 19.3 Å². The van der Waals surface area contributed by atoms with E-state index in [1.54, 1.807) is 23.1 Å². The summed E-state index contributed by atoms with van der Waals surface area (Å²) in [5.74, 6) is -1.27. The largest absolute Gasteiger partial charge is 0.486 e. The van der Waals surface area contributed by atoms with Crippen molar-refractivity contribution in [1.29, 1.82) is 0 Å². The Balaban J connectivity index is 1.51. The van der Waals surface area contributed by atoms with Gasteiger partial charge >= 0.3 is 5.97 Å². The molecule has 26 heavy (non-hydrogen) atoms. The molecular formula is C18H20N2O6. The molecule has 3 aliphatic heterocycles. The molecule has 2 unspecified atom stereocenters. The van der Waals surface area contributed by atoms with Crippen LogP contribution < -0.4 is 14.4 Å². The molecular weight excluding hydrogens is 340 g/mol. The van der Waals surface area contributed by atoms with Crippen molar-refractivity contribution in [2.24, 2.45) is 5.92 Å². The van der Waals surface area contributed by atoms with Gasteiger partial charge in [-0.3, -0.25) is 9.59 Å². The SMILES string of the molecule is O=C(O)C1CCCN1C(=O)C1CCN(c2ccc3c(c2)OCCO3)C1=O. The molecule has 1 aromatic carbocycles. The first-order chi connectivity index (χ1) is 12.6. The zero-order chi connectivity index (χ0) is 18.3. The standard InChI is InChI=1S/C18H20N2O6/c21-16-12(17(22)20-6-1-2-13(20)18(23)24)5-7-19(16)11-3-4-14-15(10-11)26-9-8-25-14/h3-4,10,12-13H,1-2,5-9H2,(H,23,24). The zero-order valence-corrected chi connectivity index (χ0v) is 14.2. The maximum absolute atomic E-state index is 12.8. The van der Waals surface area contributed by atoms with Crippen LogP contribution >= 0.6 is 0 Å². The highest BCUT2D eigenvalue weighted by Gasteiger charge is 2.44. The van der Waals surface area contributed by atoms with E-state index in [2.05, 4.69) is 0 Å². The quantitative estimate of drug-likeness (QED) is 0.804. The summed E-state index contributed by atoms with van der Waals surface area (Å²) in [5, 5.41) is 9.27. The maximum Gasteiger partial charge on any atom is 0.326 e. The first kappa shape index (κ1) is 16.7. The molecule has 2 atom stereocenters. The third kappa shape index (κ3) is 2.75. The summed E-state index contributed by atoms with van der Waals surface area (Å²) in [4.78, 5) is 39.8. The van der Waals surface area contributed by atoms with Crippen molar-refractivity contribution < 1.29 is 29.0 Å². The molecule has 0 aromatic heterocycles. The molecule has 8 nitrogen and oxygen atoms in total. The van der Waals surface area contributed by atoms with E-state index in [9.17, 15) is 19.5 Å². The number of fused-ring (bicyclic) bond motifs is 1. The molecule has 0 spiro atoms. The van der Waals surface area contributed by atoms with Gasteiger partial charge in [0.15, 0.2) is 11.5 Å². The predicted molar refractivity (Wildman–Crippen MR) is 90.3 cm³/mol. The topological polar surface area (TPSA) is 96.4 Å². The highest BCUT2D eigenvalue weighted by atomic mass is 16.6. The van der Waals surface area contributed by atoms with Crippen molar-refractivity contribution in [2.75, 3.05) is 31.2 Å². The maximum atomic E-state index is 12.8. The van der Waals surface area contributed by atoms with Crippen molar-refractivity contribution in [3.8, 4) is 11.5 Å². The summed E-state index contributed by atoms with van der Waals surface area (Å²) in [6.45, 7) is 1.76. The van der Waals surface area contributed by atoms with Gasteiger partial charge in [-0.2, -0.15) is 0 Å². The van der Waals surface area contributed by atoms with E-state index in [0.717, 1.165) is 0 Å². The van der Waals surface area contributed by atoms with E-state index in [0.29, 0.717) is 62.8 Å². The number of rotatable bonds is 3. The van der Waals surface area contributed by atoms with E-state index in [1.807, 2.05) is 0 Å². The fraction of sp³-hybridized carbons (Fsp3) is 0.500. The van der Waals surface area contributed by atoms with Gasteiger partial charge in [0, 0.05) is 24.8 Å². The van der Waals surface area contributed by atoms with E-state index in [4.69, 9.17) is 9.47 Å². The molecule has 2 saturated heterocycles. The molecule has 0 saturated carbocycles. The van der Waals surface area contributed by atoms with Crippen LogP contribution in [0.3, 0.4) is 0 Å². The summed E-state index contributed by atoms with van der Waals surface area (Å²) < 4.78 is 11.0. The molecule has 2 amide bonds. The molecule has 2 fully saturated rings. The third-order valence-electron chi connectivity index (χ3n) is 5.16. The van der Waals surface area contributed by atoms with Crippen molar-refractivity contribution >= 4 is 23.5 Å². The van der Waals surface area contributed by atoms with Gasteiger partial charge in [-0.1, -0.05) is 0 Å². The summed E-state index contributed by atoms with van der Waals surface area (Å²) in [6, 6.07) is 4.45. The zero-order valence-electron chi connectivity index (χ0n) is 14.2. The Labute approximate surface area is 150 Å². The van der Waals surface area contributed by atoms with Gasteiger partial charge in [-0.25, -0.2) is 4.79 Å². The molecule has 4 rings (SSSR count). The Morgan fingerprint density at radius 1 is 1.08 bits per heavy atom. The lowest BCUT2D eigenvalue weighted by atomic mass is 10.1. The normalized spacial score (nSPS) is 24.8. The second-order valence-electron chi connectivity index (χ2n) is 6.69. The number of amides is 2. The first-order valence-electron chi connectivity index (χ1n) is 8.80. The summed E-state index contributed by atoms with van der Waals surface area (Å²) in [7, 11) is 0. The van der Waals surface area contributed by atoms with Crippen molar-refractivity contribution in [3.05, 3.63) is 18.2 Å². The van der Waals surface area contributed by atoms with Gasteiger partial charge in [0.2, 0.25) is 11.8 Å². The second kappa shape index (κ2) is 6.51. The molecule has 0 aliphatic carbocycles. The Morgan fingerprint density at radius 3 is 2.62 bits per heavy atom. The smallest absolute Gasteiger partial charge is 0.326 e. The van der Waals surface area contributed by atoms with Crippen molar-refractivity contribution in [3.63, 3.8) is 0 Å². The minimum Gasteiger partial charge on any atom is -0.486 e. The average Bonchev–Trinajstić information content (AvgIpc) is 3.28. The van der Waals surface area contributed by atoms with Gasteiger partial charge in [0.25, 0.3) is 0 Å². The van der Waals surface area contributed by atoms with E-state index in [-0.39, 0.29) is 11.8 Å². The Morgan fingerprint density at radius 2 is 1.85 bits per heavy atom. The number of hydrogen-bond donors (Lipinski definition) is 1. The summed E-state index contributed by atoms with van der Waals surface area (Å²) >= 11 is 0. The van der Waals surface area contributed by atoms with Crippen LogP contribution in [0.2, 0.25) is 0 Å². The van der Waals surface area contributed by atoms with Crippen LogP contribution in [-0.4, -0.2) is 60.1 Å². The third-order valence-corrected chi connectivity index (χ3v) is 5.16. The van der Waals surface area contributed by atoms with Gasteiger partial charge in [-0.05, 0) is 31.4 Å². The van der Waals surface area contributed by atoms with Crippen LogP contribution in [0.5, 0.6) is 11.5 Å². The molecule has 1 N–H and O–H groups in total. The monoisotopic (exact) mass is 360 g/mol. The number of nitrogens with zero attached hydrogens (tertiary/aromatic N) is 2. The number of benzene rings is 1. The van der Waals surface area contributed by atoms with E-state index >= 15 is 0 Å². The summed E-state index contributed by atoms with van der Waals surface area (Å²) in [5.41, 5.74) is 0.658. The molecule has 1 aromatic rings. The molecule has 0 radical (unpaired) electrons. The van der Waals surface area contributed by atoms with Crippen LogP contribution in [0.4, 0.5) is 5.69 Å². The number of anilines is 1. The second-order valence-corrected chi connectivity index (χ2v) is 6.69. The van der Waals surface area contributed by atoms with Crippen molar-refractivity contribution in [1.82, 2.24) is 4.90 Å². The number of carbonyl (C=O) groups is 3. The highest BCUT2D eigenvalue weighted by molar-refractivity contribution is 6.10. The lowest BCUT2D eigenvalue weighted by Crippen LogP contribution is -2.45. The molecule has 3 aliphatic rings. The van der Waals surface area contributed by atoms with Crippen LogP contribution in [0.25, 0.3) is 0 Å². The number of ether oxygens (including phenoxy) is 2. The van der Waals surface area contributed by atoms with Gasteiger partial charge in [0.05, 0.1) is 0 Å². The molecule has 3 heterocycles. The molecule has 8 heteroatoms. The average molecular weight is 360 g/mol. The Bertz CT molecular complexity index is 764. The number of likely N-dealkylation sites (tertiary alicyclic amines) is 1. The van der Waals surface area contributed by atoms with E-state index < -0.39 is 17.9 Å². The molecule has 138 valence electrons. The highest BCUT2D eigenvalue weighted by Crippen LogP contribution is 2.36. The number of carboxylic acid groups (broad SMARTS) is 1. The minimum absolute atomic E-state index is 0.289. The van der Waals surface area contributed by atoms with Gasteiger partial charge in [0.1, 0.15) is 25.2 Å². The fourth-order valence-electron chi connectivity index (χ4n) is 3.85. The first-order valence-corrected chi connectivity index (χ1v) is 8.80. The number of carbonyl (C=O) groups excluding carboxylic acids is 2. The summed E-state index contributed by atoms with van der Waals surface area (Å²) in [6.07, 6.45) is 1.47. The lowest BCUT2D eigenvalue weighted by molar-refractivity contribution is -0.151. The van der Waals surface area contributed by atoms with Gasteiger partial charge in [-0.15, -0.1) is 0 Å². The van der Waals surface area contributed by atoms with Crippen LogP contribution in [-0.2, 0) is 14.4 Å². The fourth-order valence-corrected chi connectivity index (χ4v) is 3.85. The van der Waals surface area contributed by atoms with Crippen LogP contribution in [0.15, 0.2) is 18.2 Å². The predicted octanol–water partition coefficient (Wildman–Crippen LogP) is 0.886. The number of carboxylic acids is 1. The molecule has 0 bridgehead atoms. The van der Waals surface area contributed by atoms with Gasteiger partial charge < -0.3 is 24.4 Å². The Hall–Kier alpha value is -2.77. The van der Waals surface area contributed by atoms with Crippen molar-refractivity contribution in [2.45, 2.75) is 25.3 Å². The minimum atomic E-state index is -1.01.